The third kappa shape index (κ3) is 4.60. The smallest absolute Gasteiger partial charge is 0.387 e. The minimum absolute atomic E-state index is 0.0402. The normalized spacial score (nSPS) is 11.8. The van der Waals surface area contributed by atoms with Crippen molar-refractivity contribution >= 4 is 21.6 Å². The van der Waals surface area contributed by atoms with Gasteiger partial charge in [-0.3, -0.25) is 0 Å². The molecule has 0 bridgehead atoms. The highest BCUT2D eigenvalue weighted by molar-refractivity contribution is 7.89. The summed E-state index contributed by atoms with van der Waals surface area (Å²) in [6.07, 6.45) is 0. The van der Waals surface area contributed by atoms with E-state index < -0.39 is 22.5 Å². The lowest BCUT2D eigenvalue weighted by Gasteiger charge is -2.18. The van der Waals surface area contributed by atoms with Gasteiger partial charge in [0, 0.05) is 13.6 Å². The van der Waals surface area contributed by atoms with E-state index in [2.05, 4.69) is 4.74 Å². The van der Waals surface area contributed by atoms with E-state index in [1.165, 1.54) is 32.4 Å². The molecule has 2 aromatic rings. The molecule has 0 saturated carbocycles. The van der Waals surface area contributed by atoms with Gasteiger partial charge in [0.2, 0.25) is 10.0 Å². The molecule has 10 heteroatoms. The summed E-state index contributed by atoms with van der Waals surface area (Å²) in [6, 6.07) is 7.17. The van der Waals surface area contributed by atoms with Crippen molar-refractivity contribution in [1.29, 1.82) is 0 Å². The van der Waals surface area contributed by atoms with E-state index in [1.807, 2.05) is 0 Å². The number of rotatable bonds is 7. The van der Waals surface area contributed by atoms with Crippen LogP contribution in [-0.4, -0.2) is 33.5 Å². The number of sulfonamides is 1. The first-order valence-corrected chi connectivity index (χ1v) is 9.00. The standard InChI is InChI=1S/C16H15ClF3NO4S/c1-21(26(22,23)11-4-5-13(18)12(17)8-11)9-10-3-6-14(25-16(19)20)15(7-10)24-2/h3-8,16H,9H2,1-2H3. The Hall–Kier alpha value is -1.97. The molecule has 0 fully saturated rings. The highest BCUT2D eigenvalue weighted by atomic mass is 35.5. The van der Waals surface area contributed by atoms with Crippen LogP contribution < -0.4 is 9.47 Å². The van der Waals surface area contributed by atoms with Crippen LogP contribution in [0.15, 0.2) is 41.3 Å². The summed E-state index contributed by atoms with van der Waals surface area (Å²) in [5, 5.41) is -0.311. The zero-order valence-electron chi connectivity index (χ0n) is 13.7. The average Bonchev–Trinajstić information content (AvgIpc) is 2.57. The van der Waals surface area contributed by atoms with Gasteiger partial charge in [0.05, 0.1) is 17.0 Å². The Bertz CT molecular complexity index is 893. The number of benzene rings is 2. The maximum absolute atomic E-state index is 13.2. The first kappa shape index (κ1) is 20.3. The van der Waals surface area contributed by atoms with Crippen molar-refractivity contribution in [1.82, 2.24) is 4.31 Å². The van der Waals surface area contributed by atoms with Crippen LogP contribution in [0.1, 0.15) is 5.56 Å². The molecule has 0 unspecified atom stereocenters. The maximum Gasteiger partial charge on any atom is 0.387 e. The molecule has 0 radical (unpaired) electrons. The van der Waals surface area contributed by atoms with Crippen molar-refractivity contribution in [2.75, 3.05) is 14.2 Å². The zero-order valence-corrected chi connectivity index (χ0v) is 15.3. The third-order valence-electron chi connectivity index (χ3n) is 3.45. The van der Waals surface area contributed by atoms with E-state index in [0.717, 1.165) is 22.5 Å². The number of nitrogens with zero attached hydrogens (tertiary/aromatic N) is 1. The molecule has 5 nitrogen and oxygen atoms in total. The van der Waals surface area contributed by atoms with Gasteiger partial charge in [0.25, 0.3) is 0 Å². The van der Waals surface area contributed by atoms with Crippen LogP contribution in [0.3, 0.4) is 0 Å². The number of methoxy groups -OCH3 is 1. The zero-order chi connectivity index (χ0) is 19.5. The van der Waals surface area contributed by atoms with Gasteiger partial charge in [-0.25, -0.2) is 12.8 Å². The summed E-state index contributed by atoms with van der Waals surface area (Å²) in [6.45, 7) is -3.09. The molecule has 0 amide bonds. The van der Waals surface area contributed by atoms with Crippen LogP contribution in [0.5, 0.6) is 11.5 Å². The summed E-state index contributed by atoms with van der Waals surface area (Å²) in [5.74, 6) is -0.854. The Balaban J connectivity index is 2.25. The first-order chi connectivity index (χ1) is 12.1. The molecular formula is C16H15ClF3NO4S. The number of alkyl halides is 2. The van der Waals surface area contributed by atoms with Crippen LogP contribution in [0.4, 0.5) is 13.2 Å². The van der Waals surface area contributed by atoms with Crippen molar-refractivity contribution in [2.24, 2.45) is 0 Å². The molecule has 0 spiro atoms. The quantitative estimate of drug-likeness (QED) is 0.695. The Labute approximate surface area is 153 Å². The lowest BCUT2D eigenvalue weighted by molar-refractivity contribution is -0.0512. The number of ether oxygens (including phenoxy) is 2. The van der Waals surface area contributed by atoms with Crippen LogP contribution in [0.25, 0.3) is 0 Å². The third-order valence-corrected chi connectivity index (χ3v) is 5.54. The van der Waals surface area contributed by atoms with E-state index >= 15 is 0 Å². The Morgan fingerprint density at radius 3 is 2.42 bits per heavy atom. The highest BCUT2D eigenvalue weighted by Gasteiger charge is 2.22. The topological polar surface area (TPSA) is 55.8 Å². The van der Waals surface area contributed by atoms with E-state index in [0.29, 0.717) is 5.56 Å². The van der Waals surface area contributed by atoms with Crippen molar-refractivity contribution in [3.05, 3.63) is 52.8 Å². The van der Waals surface area contributed by atoms with Crippen molar-refractivity contribution in [2.45, 2.75) is 18.1 Å². The van der Waals surface area contributed by atoms with Crippen LogP contribution in [0.2, 0.25) is 5.02 Å². The molecule has 0 aliphatic carbocycles. The van der Waals surface area contributed by atoms with Crippen LogP contribution >= 0.6 is 11.6 Å². The van der Waals surface area contributed by atoms with Gasteiger partial charge in [-0.15, -0.1) is 0 Å². The molecule has 2 aromatic carbocycles. The highest BCUT2D eigenvalue weighted by Crippen LogP contribution is 2.30. The summed E-state index contributed by atoms with van der Waals surface area (Å²) >= 11 is 5.63. The summed E-state index contributed by atoms with van der Waals surface area (Å²) < 4.78 is 73.4. The summed E-state index contributed by atoms with van der Waals surface area (Å²) in [7, 11) is -1.34. The SMILES string of the molecule is COc1cc(CN(C)S(=O)(=O)c2ccc(F)c(Cl)c2)ccc1OC(F)F. The van der Waals surface area contributed by atoms with Gasteiger partial charge in [-0.2, -0.15) is 13.1 Å². The summed E-state index contributed by atoms with van der Waals surface area (Å²) in [5.41, 5.74) is 0.475. The minimum Gasteiger partial charge on any atom is -0.493 e. The fourth-order valence-electron chi connectivity index (χ4n) is 2.16. The lowest BCUT2D eigenvalue weighted by atomic mass is 10.2. The van der Waals surface area contributed by atoms with E-state index in [4.69, 9.17) is 16.3 Å². The van der Waals surface area contributed by atoms with E-state index in [9.17, 15) is 21.6 Å². The molecule has 0 atom stereocenters. The second kappa shape index (κ2) is 8.15. The molecule has 0 heterocycles. The molecule has 0 aliphatic heterocycles. The molecular weight excluding hydrogens is 395 g/mol. The number of hydrogen-bond donors (Lipinski definition) is 0. The lowest BCUT2D eigenvalue weighted by Crippen LogP contribution is -2.26. The van der Waals surface area contributed by atoms with Crippen molar-refractivity contribution in [3.63, 3.8) is 0 Å². The predicted octanol–water partition coefficient (Wildman–Crippen LogP) is 3.91. The molecule has 0 N–H and O–H groups in total. The van der Waals surface area contributed by atoms with Crippen molar-refractivity contribution < 1.29 is 31.1 Å². The van der Waals surface area contributed by atoms with E-state index in [-0.39, 0.29) is 28.0 Å². The Kier molecular flexibility index (Phi) is 6.38. The van der Waals surface area contributed by atoms with Crippen LogP contribution in [0, 0.1) is 5.82 Å². The number of hydrogen-bond acceptors (Lipinski definition) is 4. The molecule has 2 rings (SSSR count). The first-order valence-electron chi connectivity index (χ1n) is 7.18. The van der Waals surface area contributed by atoms with Gasteiger partial charge in [-0.1, -0.05) is 17.7 Å². The summed E-state index contributed by atoms with van der Waals surface area (Å²) in [4.78, 5) is -0.170. The number of halogens is 4. The monoisotopic (exact) mass is 409 g/mol. The average molecular weight is 410 g/mol. The van der Waals surface area contributed by atoms with Gasteiger partial charge in [0.1, 0.15) is 5.82 Å². The largest absolute Gasteiger partial charge is 0.493 e. The van der Waals surface area contributed by atoms with Gasteiger partial charge >= 0.3 is 6.61 Å². The molecule has 142 valence electrons. The molecule has 0 aliphatic rings. The molecule has 0 aromatic heterocycles. The minimum atomic E-state index is -3.93. The van der Waals surface area contributed by atoms with E-state index in [1.54, 1.807) is 0 Å². The van der Waals surface area contributed by atoms with Gasteiger partial charge < -0.3 is 9.47 Å². The second-order valence-corrected chi connectivity index (χ2v) is 7.65. The Morgan fingerprint density at radius 2 is 1.85 bits per heavy atom. The Morgan fingerprint density at radius 1 is 1.15 bits per heavy atom. The van der Waals surface area contributed by atoms with Gasteiger partial charge in [-0.05, 0) is 35.9 Å². The second-order valence-electron chi connectivity index (χ2n) is 5.20. The molecule has 26 heavy (non-hydrogen) atoms. The fourth-order valence-corrected chi connectivity index (χ4v) is 3.59. The van der Waals surface area contributed by atoms with Gasteiger partial charge in [0.15, 0.2) is 11.5 Å². The predicted molar refractivity (Wildman–Crippen MR) is 89.7 cm³/mol. The fraction of sp³-hybridized carbons (Fsp3) is 0.250. The van der Waals surface area contributed by atoms with Crippen molar-refractivity contribution in [3.8, 4) is 11.5 Å². The van der Waals surface area contributed by atoms with Crippen LogP contribution in [-0.2, 0) is 16.6 Å². The maximum atomic E-state index is 13.2. The molecule has 0 saturated heterocycles.